The van der Waals surface area contributed by atoms with Crippen molar-refractivity contribution in [2.75, 3.05) is 26.2 Å². The number of rotatable bonds is 2. The van der Waals surface area contributed by atoms with Gasteiger partial charge < -0.3 is 15.1 Å². The summed E-state index contributed by atoms with van der Waals surface area (Å²) in [6.45, 7) is 5.40. The van der Waals surface area contributed by atoms with Crippen LogP contribution < -0.4 is 5.32 Å². The summed E-state index contributed by atoms with van der Waals surface area (Å²) >= 11 is 1.62. The topological polar surface area (TPSA) is 69.7 Å². The van der Waals surface area contributed by atoms with Crippen molar-refractivity contribution in [2.45, 2.75) is 45.6 Å². The maximum Gasteiger partial charge on any atom is 0.312 e. The number of aryl methyl sites for hydroxylation is 2. The highest BCUT2D eigenvalue weighted by Crippen LogP contribution is 2.30. The number of fused-ring (bicyclic) bond motifs is 1. The molecule has 1 aromatic heterocycles. The first-order valence-corrected chi connectivity index (χ1v) is 9.78. The minimum atomic E-state index is -0.569. The lowest BCUT2D eigenvalue weighted by Gasteiger charge is -2.34. The van der Waals surface area contributed by atoms with Crippen molar-refractivity contribution in [3.8, 4) is 0 Å². The van der Waals surface area contributed by atoms with E-state index in [9.17, 15) is 14.4 Å². The molecular formula is C18H25N3O3S. The van der Waals surface area contributed by atoms with Gasteiger partial charge in [-0.2, -0.15) is 0 Å². The van der Waals surface area contributed by atoms with Crippen molar-refractivity contribution in [2.24, 2.45) is 0 Å². The second-order valence-corrected chi connectivity index (χ2v) is 8.12. The fourth-order valence-corrected chi connectivity index (χ4v) is 4.55. The number of carbonyl (C=O) groups is 3. The van der Waals surface area contributed by atoms with Gasteiger partial charge in [0.15, 0.2) is 0 Å². The first-order chi connectivity index (χ1) is 12.0. The standard InChI is InChI=1S/C18H25N3O3S/c1-12(2)19-16(22)18(24)21-9-7-20(8-10-21)17(23)15-11-13-5-3-4-6-14(13)25-15/h11-12H,3-10H2,1-2H3,(H,19,22). The molecule has 6 nitrogen and oxygen atoms in total. The van der Waals surface area contributed by atoms with E-state index >= 15 is 0 Å². The molecule has 0 atom stereocenters. The van der Waals surface area contributed by atoms with E-state index in [1.54, 1.807) is 16.2 Å². The number of nitrogens with zero attached hydrogens (tertiary/aromatic N) is 2. The minimum absolute atomic E-state index is 0.0538. The van der Waals surface area contributed by atoms with Gasteiger partial charge in [0.1, 0.15) is 0 Å². The minimum Gasteiger partial charge on any atom is -0.346 e. The van der Waals surface area contributed by atoms with E-state index in [2.05, 4.69) is 11.4 Å². The van der Waals surface area contributed by atoms with Crippen molar-refractivity contribution in [3.05, 3.63) is 21.4 Å². The summed E-state index contributed by atoms with van der Waals surface area (Å²) in [5.74, 6) is -1.02. The van der Waals surface area contributed by atoms with Crippen LogP contribution in [-0.4, -0.2) is 59.7 Å². The van der Waals surface area contributed by atoms with Gasteiger partial charge in [-0.05, 0) is 51.2 Å². The normalized spacial score (nSPS) is 17.4. The van der Waals surface area contributed by atoms with E-state index in [0.29, 0.717) is 26.2 Å². The smallest absolute Gasteiger partial charge is 0.312 e. The van der Waals surface area contributed by atoms with Gasteiger partial charge >= 0.3 is 11.8 Å². The summed E-state index contributed by atoms with van der Waals surface area (Å²) in [6.07, 6.45) is 4.57. The molecule has 0 unspecified atom stereocenters. The average Bonchev–Trinajstić information content (AvgIpc) is 3.04. The molecule has 1 saturated heterocycles. The summed E-state index contributed by atoms with van der Waals surface area (Å²) in [5, 5.41) is 2.62. The maximum atomic E-state index is 12.7. The maximum absolute atomic E-state index is 12.7. The molecule has 25 heavy (non-hydrogen) atoms. The Morgan fingerprint density at radius 3 is 2.32 bits per heavy atom. The zero-order chi connectivity index (χ0) is 18.0. The van der Waals surface area contributed by atoms with Crippen LogP contribution in [0.4, 0.5) is 0 Å². The van der Waals surface area contributed by atoms with E-state index in [1.807, 2.05) is 13.8 Å². The van der Waals surface area contributed by atoms with E-state index in [-0.39, 0.29) is 11.9 Å². The van der Waals surface area contributed by atoms with Crippen molar-refractivity contribution in [1.29, 1.82) is 0 Å². The van der Waals surface area contributed by atoms with Crippen LogP contribution in [-0.2, 0) is 22.4 Å². The third-order valence-electron chi connectivity index (χ3n) is 4.68. The molecule has 2 aliphatic rings. The lowest BCUT2D eigenvalue weighted by Crippen LogP contribution is -2.54. The van der Waals surface area contributed by atoms with Gasteiger partial charge in [-0.25, -0.2) is 0 Å². The Labute approximate surface area is 152 Å². The highest BCUT2D eigenvalue weighted by atomic mass is 32.1. The number of thiophene rings is 1. The van der Waals surface area contributed by atoms with E-state index in [4.69, 9.17) is 0 Å². The molecule has 7 heteroatoms. The molecule has 0 aromatic carbocycles. The Balaban J connectivity index is 1.56. The lowest BCUT2D eigenvalue weighted by atomic mass is 9.99. The number of hydrogen-bond donors (Lipinski definition) is 1. The van der Waals surface area contributed by atoms with Crippen LogP contribution in [0.5, 0.6) is 0 Å². The van der Waals surface area contributed by atoms with Gasteiger partial charge in [-0.3, -0.25) is 14.4 Å². The summed E-state index contributed by atoms with van der Waals surface area (Å²) in [6, 6.07) is 1.99. The predicted octanol–water partition coefficient (Wildman–Crippen LogP) is 1.44. The van der Waals surface area contributed by atoms with Crippen molar-refractivity contribution in [3.63, 3.8) is 0 Å². The van der Waals surface area contributed by atoms with E-state index in [0.717, 1.165) is 17.7 Å². The van der Waals surface area contributed by atoms with E-state index in [1.165, 1.54) is 28.2 Å². The third kappa shape index (κ3) is 4.03. The van der Waals surface area contributed by atoms with Gasteiger partial charge in [-0.1, -0.05) is 0 Å². The first-order valence-electron chi connectivity index (χ1n) is 8.96. The van der Waals surface area contributed by atoms with Crippen LogP contribution in [0, 0.1) is 0 Å². The number of piperazine rings is 1. The molecular weight excluding hydrogens is 338 g/mol. The third-order valence-corrected chi connectivity index (χ3v) is 5.90. The quantitative estimate of drug-likeness (QED) is 0.809. The van der Waals surface area contributed by atoms with Gasteiger partial charge in [-0.15, -0.1) is 11.3 Å². The van der Waals surface area contributed by atoms with Gasteiger partial charge in [0.05, 0.1) is 4.88 Å². The monoisotopic (exact) mass is 363 g/mol. The molecule has 0 saturated carbocycles. The van der Waals surface area contributed by atoms with Gasteiger partial charge in [0.2, 0.25) is 0 Å². The number of carbonyl (C=O) groups excluding carboxylic acids is 3. The van der Waals surface area contributed by atoms with Crippen LogP contribution >= 0.6 is 11.3 Å². The van der Waals surface area contributed by atoms with Gasteiger partial charge in [0.25, 0.3) is 5.91 Å². The van der Waals surface area contributed by atoms with Crippen LogP contribution in [0.1, 0.15) is 46.8 Å². The van der Waals surface area contributed by atoms with Crippen molar-refractivity contribution in [1.82, 2.24) is 15.1 Å². The Morgan fingerprint density at radius 1 is 1.04 bits per heavy atom. The van der Waals surface area contributed by atoms with Crippen LogP contribution in [0.25, 0.3) is 0 Å². The predicted molar refractivity (Wildman–Crippen MR) is 96.7 cm³/mol. The molecule has 1 aliphatic heterocycles. The Bertz CT molecular complexity index is 652. The molecule has 3 amide bonds. The second-order valence-electron chi connectivity index (χ2n) is 6.98. The highest BCUT2D eigenvalue weighted by molar-refractivity contribution is 7.14. The van der Waals surface area contributed by atoms with Crippen LogP contribution in [0.15, 0.2) is 6.07 Å². The first kappa shape index (κ1) is 17.9. The Morgan fingerprint density at radius 2 is 1.68 bits per heavy atom. The summed E-state index contributed by atoms with van der Waals surface area (Å²) in [4.78, 5) is 42.2. The lowest BCUT2D eigenvalue weighted by molar-refractivity contribution is -0.147. The number of amides is 3. The molecule has 0 bridgehead atoms. The van der Waals surface area contributed by atoms with Gasteiger partial charge in [0, 0.05) is 37.1 Å². The number of hydrogen-bond acceptors (Lipinski definition) is 4. The molecule has 3 rings (SSSR count). The summed E-state index contributed by atoms with van der Waals surface area (Å²) in [7, 11) is 0. The highest BCUT2D eigenvalue weighted by Gasteiger charge is 2.29. The Kier molecular flexibility index (Phi) is 5.42. The molecule has 0 spiro atoms. The fraction of sp³-hybridized carbons (Fsp3) is 0.611. The van der Waals surface area contributed by atoms with Crippen molar-refractivity contribution < 1.29 is 14.4 Å². The molecule has 2 heterocycles. The zero-order valence-corrected chi connectivity index (χ0v) is 15.7. The molecule has 0 radical (unpaired) electrons. The number of nitrogens with one attached hydrogen (secondary N) is 1. The van der Waals surface area contributed by atoms with Crippen LogP contribution in [0.2, 0.25) is 0 Å². The molecule has 1 aliphatic carbocycles. The zero-order valence-electron chi connectivity index (χ0n) is 14.8. The largest absolute Gasteiger partial charge is 0.346 e. The molecule has 1 fully saturated rings. The second kappa shape index (κ2) is 7.56. The Hall–Kier alpha value is -1.89. The molecule has 136 valence electrons. The summed E-state index contributed by atoms with van der Waals surface area (Å²) < 4.78 is 0. The summed E-state index contributed by atoms with van der Waals surface area (Å²) in [5.41, 5.74) is 1.33. The fourth-order valence-electron chi connectivity index (χ4n) is 3.33. The SMILES string of the molecule is CC(C)NC(=O)C(=O)N1CCN(C(=O)c2cc3c(s2)CCCC3)CC1. The molecule has 1 aromatic rings. The average molecular weight is 363 g/mol. The van der Waals surface area contributed by atoms with E-state index < -0.39 is 11.8 Å². The molecule has 1 N–H and O–H groups in total. The van der Waals surface area contributed by atoms with Crippen molar-refractivity contribution >= 4 is 29.1 Å². The van der Waals surface area contributed by atoms with Crippen LogP contribution in [0.3, 0.4) is 0 Å².